The summed E-state index contributed by atoms with van der Waals surface area (Å²) >= 11 is 0. The van der Waals surface area contributed by atoms with Crippen LogP contribution in [-0.4, -0.2) is 42.0 Å². The molecule has 0 aliphatic carbocycles. The second kappa shape index (κ2) is 6.66. The third-order valence-electron chi connectivity index (χ3n) is 5.62. The van der Waals surface area contributed by atoms with Crippen LogP contribution in [0.5, 0.6) is 0 Å². The first-order valence-corrected chi connectivity index (χ1v) is 9.22. The molecule has 2 aromatic rings. The zero-order chi connectivity index (χ0) is 15.6. The maximum absolute atomic E-state index is 5.98. The average molecular weight is 312 g/mol. The maximum atomic E-state index is 5.98. The summed E-state index contributed by atoms with van der Waals surface area (Å²) in [5.74, 6) is 1.99. The zero-order valence-electron chi connectivity index (χ0n) is 14.2. The van der Waals surface area contributed by atoms with Crippen LogP contribution >= 0.6 is 0 Å². The Morgan fingerprint density at radius 2 is 1.91 bits per heavy atom. The minimum Gasteiger partial charge on any atom is -0.460 e. The number of benzene rings is 1. The van der Waals surface area contributed by atoms with Crippen molar-refractivity contribution < 1.29 is 4.42 Å². The van der Waals surface area contributed by atoms with Crippen molar-refractivity contribution in [2.75, 3.05) is 26.2 Å². The van der Waals surface area contributed by atoms with Crippen molar-refractivity contribution >= 4 is 11.0 Å². The van der Waals surface area contributed by atoms with E-state index in [9.17, 15) is 0 Å². The maximum Gasteiger partial charge on any atom is 0.134 e. The summed E-state index contributed by atoms with van der Waals surface area (Å²) in [5, 5.41) is 1.22. The van der Waals surface area contributed by atoms with Crippen LogP contribution in [0.15, 0.2) is 34.7 Å². The van der Waals surface area contributed by atoms with E-state index in [2.05, 4.69) is 41.0 Å². The Balaban J connectivity index is 1.32. The third-order valence-corrected chi connectivity index (χ3v) is 5.62. The molecule has 1 unspecified atom stereocenters. The van der Waals surface area contributed by atoms with Gasteiger partial charge in [-0.1, -0.05) is 25.1 Å². The molecule has 2 saturated heterocycles. The van der Waals surface area contributed by atoms with Crippen LogP contribution in [-0.2, 0) is 6.54 Å². The normalized spacial score (nSPS) is 25.2. The lowest BCUT2D eigenvalue weighted by molar-refractivity contribution is 0.0708. The van der Waals surface area contributed by atoms with Crippen molar-refractivity contribution in [3.05, 3.63) is 36.1 Å². The Kier molecular flexibility index (Phi) is 4.41. The molecule has 0 radical (unpaired) electrons. The second-order valence-corrected chi connectivity index (χ2v) is 7.50. The molecule has 0 spiro atoms. The van der Waals surface area contributed by atoms with E-state index >= 15 is 0 Å². The van der Waals surface area contributed by atoms with E-state index in [1.54, 1.807) is 0 Å². The van der Waals surface area contributed by atoms with Gasteiger partial charge in [-0.15, -0.1) is 0 Å². The van der Waals surface area contributed by atoms with Gasteiger partial charge in [-0.25, -0.2) is 0 Å². The largest absolute Gasteiger partial charge is 0.460 e. The van der Waals surface area contributed by atoms with Gasteiger partial charge >= 0.3 is 0 Å². The van der Waals surface area contributed by atoms with E-state index in [0.717, 1.165) is 29.8 Å². The van der Waals surface area contributed by atoms with Crippen LogP contribution in [0, 0.1) is 5.92 Å². The van der Waals surface area contributed by atoms with E-state index in [4.69, 9.17) is 4.42 Å². The molecule has 0 bridgehead atoms. The number of hydrogen-bond acceptors (Lipinski definition) is 3. The van der Waals surface area contributed by atoms with Gasteiger partial charge in [0, 0.05) is 31.1 Å². The predicted octanol–water partition coefficient (Wildman–Crippen LogP) is 4.13. The number of fused-ring (bicyclic) bond motifs is 1. The lowest BCUT2D eigenvalue weighted by atomic mass is 9.95. The smallest absolute Gasteiger partial charge is 0.134 e. The van der Waals surface area contributed by atoms with Gasteiger partial charge in [0.05, 0.1) is 6.54 Å². The quantitative estimate of drug-likeness (QED) is 0.849. The number of hydrogen-bond donors (Lipinski definition) is 0. The lowest BCUT2D eigenvalue weighted by Gasteiger charge is -2.41. The van der Waals surface area contributed by atoms with Gasteiger partial charge in [-0.3, -0.25) is 4.90 Å². The Labute approximate surface area is 139 Å². The van der Waals surface area contributed by atoms with Gasteiger partial charge in [0.2, 0.25) is 0 Å². The molecule has 0 N–H and O–H groups in total. The summed E-state index contributed by atoms with van der Waals surface area (Å²) in [4.78, 5) is 5.31. The van der Waals surface area contributed by atoms with Crippen LogP contribution in [0.4, 0.5) is 0 Å². The standard InChI is InChI=1S/C20H28N2O/c1-16-5-4-10-22(14-16)18-8-11-21(12-9-18)15-19-13-17-6-2-3-7-20(17)23-19/h2-3,6-7,13,16,18H,4-5,8-12,14-15H2,1H3. The fourth-order valence-corrected chi connectivity index (χ4v) is 4.34. The molecule has 3 nitrogen and oxygen atoms in total. The first-order chi connectivity index (χ1) is 11.3. The van der Waals surface area contributed by atoms with Gasteiger partial charge in [0.1, 0.15) is 11.3 Å². The highest BCUT2D eigenvalue weighted by molar-refractivity contribution is 5.77. The summed E-state index contributed by atoms with van der Waals surface area (Å²) in [6.07, 6.45) is 5.43. The molecule has 0 amide bonds. The monoisotopic (exact) mass is 312 g/mol. The number of nitrogens with zero attached hydrogens (tertiary/aromatic N) is 2. The second-order valence-electron chi connectivity index (χ2n) is 7.50. The molecule has 3 heterocycles. The summed E-state index contributed by atoms with van der Waals surface area (Å²) < 4.78 is 5.98. The Bertz CT molecular complexity index is 609. The van der Waals surface area contributed by atoms with Crippen LogP contribution in [0.1, 0.15) is 38.4 Å². The first-order valence-electron chi connectivity index (χ1n) is 9.22. The SMILES string of the molecule is CC1CCCN(C2CCN(Cc3cc4ccccc4o3)CC2)C1. The molecule has 1 aromatic heterocycles. The molecule has 2 aliphatic rings. The fraction of sp³-hybridized carbons (Fsp3) is 0.600. The summed E-state index contributed by atoms with van der Waals surface area (Å²) in [5.41, 5.74) is 1.01. The van der Waals surface area contributed by atoms with E-state index < -0.39 is 0 Å². The van der Waals surface area contributed by atoms with E-state index in [1.165, 1.54) is 57.2 Å². The summed E-state index contributed by atoms with van der Waals surface area (Å²) in [7, 11) is 0. The average Bonchev–Trinajstić information content (AvgIpc) is 2.98. The van der Waals surface area contributed by atoms with Crippen molar-refractivity contribution in [3.63, 3.8) is 0 Å². The number of likely N-dealkylation sites (tertiary alicyclic amines) is 2. The lowest BCUT2D eigenvalue weighted by Crippen LogP contribution is -2.47. The third kappa shape index (κ3) is 3.46. The molecule has 0 saturated carbocycles. The topological polar surface area (TPSA) is 19.6 Å². The molecule has 2 aliphatic heterocycles. The Morgan fingerprint density at radius 3 is 2.70 bits per heavy atom. The minimum absolute atomic E-state index is 0.810. The molecule has 23 heavy (non-hydrogen) atoms. The van der Waals surface area contributed by atoms with Crippen LogP contribution in [0.25, 0.3) is 11.0 Å². The van der Waals surface area contributed by atoms with E-state index in [0.29, 0.717) is 0 Å². The summed E-state index contributed by atoms with van der Waals surface area (Å²) in [6.45, 7) is 8.40. The highest BCUT2D eigenvalue weighted by Crippen LogP contribution is 2.25. The highest BCUT2D eigenvalue weighted by atomic mass is 16.3. The van der Waals surface area contributed by atoms with Crippen molar-refractivity contribution in [1.29, 1.82) is 0 Å². The molecule has 4 rings (SSSR count). The van der Waals surface area contributed by atoms with Crippen molar-refractivity contribution in [2.24, 2.45) is 5.92 Å². The molecule has 1 aromatic carbocycles. The Morgan fingerprint density at radius 1 is 1.09 bits per heavy atom. The van der Waals surface area contributed by atoms with Crippen molar-refractivity contribution in [1.82, 2.24) is 9.80 Å². The number of para-hydroxylation sites is 1. The molecular weight excluding hydrogens is 284 g/mol. The number of piperidine rings is 2. The molecule has 2 fully saturated rings. The van der Waals surface area contributed by atoms with Gasteiger partial charge < -0.3 is 9.32 Å². The van der Waals surface area contributed by atoms with E-state index in [-0.39, 0.29) is 0 Å². The number of rotatable bonds is 3. The zero-order valence-corrected chi connectivity index (χ0v) is 14.2. The highest BCUT2D eigenvalue weighted by Gasteiger charge is 2.27. The minimum atomic E-state index is 0.810. The first kappa shape index (κ1) is 15.2. The Hall–Kier alpha value is -1.32. The molecule has 3 heteroatoms. The predicted molar refractivity (Wildman–Crippen MR) is 94.5 cm³/mol. The molecular formula is C20H28N2O. The van der Waals surface area contributed by atoms with Gasteiger partial charge in [-0.2, -0.15) is 0 Å². The van der Waals surface area contributed by atoms with Crippen molar-refractivity contribution in [3.8, 4) is 0 Å². The van der Waals surface area contributed by atoms with Gasteiger partial charge in [0.25, 0.3) is 0 Å². The van der Waals surface area contributed by atoms with Crippen LogP contribution in [0.2, 0.25) is 0 Å². The number of furan rings is 1. The van der Waals surface area contributed by atoms with Crippen LogP contribution < -0.4 is 0 Å². The summed E-state index contributed by atoms with van der Waals surface area (Å²) in [6, 6.07) is 11.3. The van der Waals surface area contributed by atoms with E-state index in [1.807, 2.05) is 6.07 Å². The van der Waals surface area contributed by atoms with Crippen LogP contribution in [0.3, 0.4) is 0 Å². The van der Waals surface area contributed by atoms with Crippen molar-refractivity contribution in [2.45, 2.75) is 45.2 Å². The molecule has 1 atom stereocenters. The van der Waals surface area contributed by atoms with Gasteiger partial charge in [-0.05, 0) is 50.3 Å². The fourth-order valence-electron chi connectivity index (χ4n) is 4.34. The van der Waals surface area contributed by atoms with Gasteiger partial charge in [0.15, 0.2) is 0 Å². The molecule has 124 valence electrons.